The third-order valence-electron chi connectivity index (χ3n) is 17.3. The van der Waals surface area contributed by atoms with Crippen molar-refractivity contribution in [3.63, 3.8) is 0 Å². The summed E-state index contributed by atoms with van der Waals surface area (Å²) in [5.41, 5.74) is -2.23. The summed E-state index contributed by atoms with van der Waals surface area (Å²) in [6.07, 6.45) is -10.5. The SMILES string of the molecule is CC1(C)C[C@H]2C3=CC[C@H]4[C@]5(C)C[C@H](O)[C@@H](O[C@H]6O[C@@H](CO[C@@H]7OC[C@@H](O)[C@H](O)[C@@H]7O)[C@@H](O)[C@H](O)[C@@H]6O)[C@](C)(CO)[C@H]5CC[C@@]4(C)[C@@]3(C)C[C@H](O)[C@]23C[C@H]1OC3=O. The number of carbonyl (C=O) groups excluding carboxylic acids is 1. The third-order valence-corrected chi connectivity index (χ3v) is 17.3. The number of esters is 1. The van der Waals surface area contributed by atoms with E-state index in [-0.39, 0.29) is 53.9 Å². The predicted octanol–water partition coefficient (Wildman–Crippen LogP) is -0.114. The second kappa shape index (κ2) is 13.6. The summed E-state index contributed by atoms with van der Waals surface area (Å²) in [7, 11) is 0. The van der Waals surface area contributed by atoms with E-state index in [1.54, 1.807) is 0 Å². The van der Waals surface area contributed by atoms with Gasteiger partial charge in [0.05, 0.1) is 38.1 Å². The van der Waals surface area contributed by atoms with Crippen LogP contribution >= 0.6 is 0 Å². The van der Waals surface area contributed by atoms with Gasteiger partial charge in [0, 0.05) is 17.3 Å². The number of rotatable bonds is 6. The molecule has 15 heteroatoms. The minimum Gasteiger partial charge on any atom is -0.461 e. The Morgan fingerprint density at radius 3 is 2.20 bits per heavy atom. The van der Waals surface area contributed by atoms with Crippen molar-refractivity contribution >= 4 is 5.97 Å². The van der Waals surface area contributed by atoms with Crippen LogP contribution in [-0.4, -0.2) is 151 Å². The highest BCUT2D eigenvalue weighted by Crippen LogP contribution is 2.76. The molecule has 0 aromatic rings. The summed E-state index contributed by atoms with van der Waals surface area (Å²) < 4.78 is 29.2. The molecular formula is C41H64O15. The smallest absolute Gasteiger partial charge is 0.315 e. The molecule has 21 atom stereocenters. The fourth-order valence-corrected chi connectivity index (χ4v) is 13.9. The molecule has 0 aromatic carbocycles. The summed E-state index contributed by atoms with van der Waals surface area (Å²) >= 11 is 0. The first-order chi connectivity index (χ1) is 26.1. The van der Waals surface area contributed by atoms with Crippen molar-refractivity contribution in [3.05, 3.63) is 11.6 Å². The second-order valence-corrected chi connectivity index (χ2v) is 20.5. The van der Waals surface area contributed by atoms with Gasteiger partial charge in [-0.15, -0.1) is 0 Å². The molecule has 7 fully saturated rings. The zero-order valence-corrected chi connectivity index (χ0v) is 33.4. The lowest BCUT2D eigenvalue weighted by atomic mass is 9.33. The fraction of sp³-hybridized carbons (Fsp3) is 0.927. The molecule has 5 aliphatic carbocycles. The highest BCUT2D eigenvalue weighted by Gasteiger charge is 2.75. The van der Waals surface area contributed by atoms with Crippen molar-refractivity contribution in [3.8, 4) is 0 Å². The third kappa shape index (κ3) is 5.52. The molecule has 3 aliphatic heterocycles. The fourth-order valence-electron chi connectivity index (χ4n) is 13.9. The minimum absolute atomic E-state index is 0.0390. The molecule has 1 spiro atoms. The molecule has 318 valence electrons. The molecule has 3 saturated heterocycles. The normalized spacial score (nSPS) is 57.6. The molecule has 0 radical (unpaired) electrons. The number of allylic oxidation sites excluding steroid dienone is 2. The number of carbonyl (C=O) groups is 1. The van der Waals surface area contributed by atoms with E-state index < -0.39 is 102 Å². The van der Waals surface area contributed by atoms with Gasteiger partial charge in [-0.2, -0.15) is 0 Å². The molecule has 2 bridgehead atoms. The first kappa shape index (κ1) is 41.4. The molecule has 15 nitrogen and oxygen atoms in total. The summed E-state index contributed by atoms with van der Waals surface area (Å²) in [6, 6.07) is 0. The maximum Gasteiger partial charge on any atom is 0.315 e. The Balaban J connectivity index is 1.04. The van der Waals surface area contributed by atoms with E-state index >= 15 is 0 Å². The molecule has 56 heavy (non-hydrogen) atoms. The van der Waals surface area contributed by atoms with E-state index in [9.17, 15) is 50.8 Å². The number of aliphatic hydroxyl groups excluding tert-OH is 9. The van der Waals surface area contributed by atoms with Gasteiger partial charge in [0.2, 0.25) is 0 Å². The van der Waals surface area contributed by atoms with Crippen molar-refractivity contribution in [2.24, 2.45) is 50.2 Å². The second-order valence-electron chi connectivity index (χ2n) is 20.5. The zero-order valence-electron chi connectivity index (χ0n) is 33.4. The van der Waals surface area contributed by atoms with Crippen LogP contribution in [-0.2, 0) is 28.5 Å². The maximum atomic E-state index is 13.6. The lowest BCUT2D eigenvalue weighted by Gasteiger charge is -2.72. The number of hydrogen-bond acceptors (Lipinski definition) is 15. The van der Waals surface area contributed by atoms with Crippen LogP contribution in [0.2, 0.25) is 0 Å². The summed E-state index contributed by atoms with van der Waals surface area (Å²) in [4.78, 5) is 13.6. The monoisotopic (exact) mass is 796 g/mol. The Morgan fingerprint density at radius 1 is 0.804 bits per heavy atom. The van der Waals surface area contributed by atoms with Crippen LogP contribution in [0.1, 0.15) is 86.5 Å². The summed E-state index contributed by atoms with van der Waals surface area (Å²) in [5.74, 6) is -0.534. The minimum atomic E-state index is -1.74. The van der Waals surface area contributed by atoms with Gasteiger partial charge in [-0.05, 0) is 72.5 Å². The first-order valence-corrected chi connectivity index (χ1v) is 20.6. The Bertz CT molecular complexity index is 1570. The molecular weight excluding hydrogens is 732 g/mol. The van der Waals surface area contributed by atoms with Gasteiger partial charge in [0.15, 0.2) is 12.6 Å². The van der Waals surface area contributed by atoms with E-state index in [4.69, 9.17) is 23.7 Å². The average molecular weight is 797 g/mol. The Hall–Kier alpha value is -1.31. The van der Waals surface area contributed by atoms with E-state index in [0.717, 1.165) is 12.8 Å². The predicted molar refractivity (Wildman–Crippen MR) is 194 cm³/mol. The topological polar surface area (TPSA) is 245 Å². The number of hydrogen-bond donors (Lipinski definition) is 9. The van der Waals surface area contributed by atoms with Gasteiger partial charge in [0.1, 0.15) is 54.2 Å². The first-order valence-electron chi connectivity index (χ1n) is 20.6. The maximum absolute atomic E-state index is 13.6. The van der Waals surface area contributed by atoms with Crippen molar-refractivity contribution in [1.29, 1.82) is 0 Å². The quantitative estimate of drug-likeness (QED) is 0.0967. The van der Waals surface area contributed by atoms with Crippen molar-refractivity contribution in [2.75, 3.05) is 19.8 Å². The Morgan fingerprint density at radius 2 is 1.50 bits per heavy atom. The van der Waals surface area contributed by atoms with E-state index in [2.05, 4.69) is 40.7 Å². The molecule has 9 N–H and O–H groups in total. The molecule has 8 rings (SSSR count). The summed E-state index contributed by atoms with van der Waals surface area (Å²) in [5, 5.41) is 98.3. The molecule has 0 unspecified atom stereocenters. The molecule has 3 heterocycles. The van der Waals surface area contributed by atoms with Crippen LogP contribution < -0.4 is 0 Å². The Kier molecular flexibility index (Phi) is 10.1. The van der Waals surface area contributed by atoms with Crippen LogP contribution in [0.3, 0.4) is 0 Å². The molecule has 0 aromatic heterocycles. The molecule has 4 saturated carbocycles. The average Bonchev–Trinajstić information content (AvgIpc) is 3.46. The highest BCUT2D eigenvalue weighted by molar-refractivity contribution is 5.82. The van der Waals surface area contributed by atoms with Crippen LogP contribution in [0.25, 0.3) is 0 Å². The number of ether oxygens (including phenoxy) is 5. The van der Waals surface area contributed by atoms with Crippen LogP contribution in [0.15, 0.2) is 11.6 Å². The largest absolute Gasteiger partial charge is 0.461 e. The molecule has 8 aliphatic rings. The lowest BCUT2D eigenvalue weighted by molar-refractivity contribution is -0.352. The van der Waals surface area contributed by atoms with E-state index in [0.29, 0.717) is 32.1 Å². The van der Waals surface area contributed by atoms with Gasteiger partial charge in [0.25, 0.3) is 0 Å². The van der Waals surface area contributed by atoms with Crippen LogP contribution in [0.5, 0.6) is 0 Å². The number of aliphatic hydroxyl groups is 9. The summed E-state index contributed by atoms with van der Waals surface area (Å²) in [6.45, 7) is 11.8. The zero-order chi connectivity index (χ0) is 40.7. The van der Waals surface area contributed by atoms with Crippen molar-refractivity contribution in [1.82, 2.24) is 0 Å². The van der Waals surface area contributed by atoms with Gasteiger partial charge >= 0.3 is 5.97 Å². The number of fused-ring (bicyclic) bond motifs is 7. The van der Waals surface area contributed by atoms with Gasteiger partial charge in [-0.1, -0.05) is 53.2 Å². The Labute approximate surface area is 327 Å². The van der Waals surface area contributed by atoms with E-state index in [1.807, 2.05) is 6.92 Å². The van der Waals surface area contributed by atoms with Crippen LogP contribution in [0, 0.1) is 50.2 Å². The highest BCUT2D eigenvalue weighted by atomic mass is 16.7. The van der Waals surface area contributed by atoms with Gasteiger partial charge in [-0.25, -0.2) is 0 Å². The molecule has 0 amide bonds. The standard InChI is InChI=1S/C41H64O15/c1-36(2)11-19-18-7-8-24-37(3)12-20(43)32(56-34-31(50)29(48)28(47)22(54-34)16-53-33-30(49)27(46)21(44)15-52-33)38(4,17-42)23(37)9-10-39(24,5)40(18,6)13-25(45)41(19)14-26(36)55-35(41)51/h7,19-34,42-50H,8-17H2,1-6H3/t19-,20-,21+,22-,23-,24-,25-,26+,27-,28+,29-,30-,31-,32+,33-,34+,37+,38+,39+,40-,41-/m0/s1. The van der Waals surface area contributed by atoms with Crippen molar-refractivity contribution in [2.45, 2.75) is 166 Å². The lowest BCUT2D eigenvalue weighted by Crippen LogP contribution is -2.70. The van der Waals surface area contributed by atoms with Crippen molar-refractivity contribution < 1.29 is 74.4 Å². The van der Waals surface area contributed by atoms with Gasteiger partial charge in [-0.3, -0.25) is 4.79 Å². The van der Waals surface area contributed by atoms with E-state index in [1.165, 1.54) is 5.57 Å². The van der Waals surface area contributed by atoms with Crippen LogP contribution in [0.4, 0.5) is 0 Å². The van der Waals surface area contributed by atoms with Gasteiger partial charge < -0.3 is 69.6 Å².